The molecule has 1 aromatic carbocycles. The number of nitrogens with two attached hydrogens (primary N) is 1. The average molecular weight is 542 g/mol. The van der Waals surface area contributed by atoms with E-state index in [-0.39, 0.29) is 36.4 Å². The van der Waals surface area contributed by atoms with E-state index in [1.165, 1.54) is 13.3 Å². The lowest BCUT2D eigenvalue weighted by Gasteiger charge is -2.45. The summed E-state index contributed by atoms with van der Waals surface area (Å²) in [4.78, 5) is 29.3. The molecule has 0 bridgehead atoms. The fraction of sp³-hybridized carbons (Fsp3) is 0.400. The molecule has 3 aromatic rings. The Balaban J connectivity index is 1.54. The second-order valence-electron chi connectivity index (χ2n) is 9.23. The Bertz CT molecular complexity index is 1380. The zero-order chi connectivity index (χ0) is 27.4. The summed E-state index contributed by atoms with van der Waals surface area (Å²) in [6.45, 7) is 9.27. The standard InChI is InChI=1S/C25H32N7O5P/c1-15(2)36-25(33)17(4)31-38(34,37-18-9-7-6-8-10-18)35-12-20-16(3)22(19(20)11-27-5)32-14-30-21-23(26)28-13-29-24(21)32/h6-11,13-15,17,19-20,22H,3,12H2,1-2,4-5H3,(H,31,34)(H2,26,28,29)/t17?,19-,20+,22-,38?/m1/s1. The molecule has 38 heavy (non-hydrogen) atoms. The predicted molar refractivity (Wildman–Crippen MR) is 144 cm³/mol. The Morgan fingerprint density at radius 1 is 1.26 bits per heavy atom. The maximum atomic E-state index is 13.8. The number of hydrogen-bond donors (Lipinski definition) is 2. The molecule has 2 unspecified atom stereocenters. The maximum absolute atomic E-state index is 13.8. The number of aliphatic imine (C=N–C) groups is 1. The number of carbonyl (C=O) groups is 1. The Morgan fingerprint density at radius 2 is 2.00 bits per heavy atom. The van der Waals surface area contributed by atoms with Gasteiger partial charge in [-0.3, -0.25) is 9.32 Å². The molecular weight excluding hydrogens is 509 g/mol. The van der Waals surface area contributed by atoms with Crippen molar-refractivity contribution in [1.82, 2.24) is 24.6 Å². The second kappa shape index (κ2) is 11.4. The molecule has 1 fully saturated rings. The Morgan fingerprint density at radius 3 is 2.68 bits per heavy atom. The lowest BCUT2D eigenvalue weighted by molar-refractivity contribution is -0.149. The third-order valence-electron chi connectivity index (χ3n) is 6.14. The number of anilines is 1. The lowest BCUT2D eigenvalue weighted by Crippen LogP contribution is -2.44. The first kappa shape index (κ1) is 27.4. The van der Waals surface area contributed by atoms with Crippen LogP contribution in [0.3, 0.4) is 0 Å². The number of nitrogen functional groups attached to an aromatic ring is 1. The number of rotatable bonds is 11. The largest absolute Gasteiger partial charge is 0.462 e. The van der Waals surface area contributed by atoms with Crippen LogP contribution < -0.4 is 15.3 Å². The van der Waals surface area contributed by atoms with Crippen molar-refractivity contribution in [2.75, 3.05) is 19.4 Å². The summed E-state index contributed by atoms with van der Waals surface area (Å²) in [5.74, 6) is -0.360. The van der Waals surface area contributed by atoms with Gasteiger partial charge in [0.15, 0.2) is 11.5 Å². The van der Waals surface area contributed by atoms with Crippen LogP contribution in [0.4, 0.5) is 5.82 Å². The third-order valence-corrected chi connectivity index (χ3v) is 7.79. The van der Waals surface area contributed by atoms with Crippen LogP contribution in [0.1, 0.15) is 26.8 Å². The summed E-state index contributed by atoms with van der Waals surface area (Å²) >= 11 is 0. The Labute approximate surface area is 220 Å². The number of esters is 1. The van der Waals surface area contributed by atoms with Crippen molar-refractivity contribution < 1.29 is 23.1 Å². The molecule has 1 aliphatic carbocycles. The van der Waals surface area contributed by atoms with Gasteiger partial charge in [0.25, 0.3) is 0 Å². The van der Waals surface area contributed by atoms with Crippen molar-refractivity contribution in [2.45, 2.75) is 39.0 Å². The molecule has 3 N–H and O–H groups in total. The van der Waals surface area contributed by atoms with Gasteiger partial charge in [0.05, 0.1) is 25.1 Å². The predicted octanol–water partition coefficient (Wildman–Crippen LogP) is 3.59. The second-order valence-corrected chi connectivity index (χ2v) is 10.9. The number of benzene rings is 1. The van der Waals surface area contributed by atoms with Gasteiger partial charge in [0.1, 0.15) is 23.6 Å². The zero-order valence-electron chi connectivity index (χ0n) is 21.7. The van der Waals surface area contributed by atoms with E-state index in [1.54, 1.807) is 63.8 Å². The first-order valence-corrected chi connectivity index (χ1v) is 13.7. The van der Waals surface area contributed by atoms with Gasteiger partial charge in [-0.25, -0.2) is 19.5 Å². The molecular formula is C25H32N7O5P. The lowest BCUT2D eigenvalue weighted by atomic mass is 9.66. The van der Waals surface area contributed by atoms with Gasteiger partial charge in [-0.05, 0) is 38.5 Å². The highest BCUT2D eigenvalue weighted by Crippen LogP contribution is 2.52. The fourth-order valence-corrected chi connectivity index (χ4v) is 5.86. The monoisotopic (exact) mass is 541 g/mol. The molecule has 4 rings (SSSR count). The van der Waals surface area contributed by atoms with Crippen molar-refractivity contribution in [3.05, 3.63) is 55.1 Å². The molecule has 12 nitrogen and oxygen atoms in total. The van der Waals surface area contributed by atoms with Gasteiger partial charge < -0.3 is 24.6 Å². The van der Waals surface area contributed by atoms with E-state index >= 15 is 0 Å². The summed E-state index contributed by atoms with van der Waals surface area (Å²) in [5, 5.41) is 2.71. The van der Waals surface area contributed by atoms with Crippen LogP contribution in [-0.4, -0.2) is 57.5 Å². The van der Waals surface area contributed by atoms with Crippen LogP contribution >= 0.6 is 7.75 Å². The minimum atomic E-state index is -4.02. The number of hydrogen-bond acceptors (Lipinski definition) is 10. The quantitative estimate of drug-likeness (QED) is 0.159. The molecule has 0 aliphatic heterocycles. The number of para-hydroxylation sites is 1. The molecule has 0 saturated heterocycles. The van der Waals surface area contributed by atoms with E-state index in [0.717, 1.165) is 5.57 Å². The van der Waals surface area contributed by atoms with E-state index in [2.05, 4.69) is 31.6 Å². The first-order valence-electron chi connectivity index (χ1n) is 12.1. The SMILES string of the molecule is C=C1[C@@H](n2cnc3c(N)ncnc32)[C@H](C=NC)[C@H]1COP(=O)(NC(C)C(=O)OC(C)C)Oc1ccccc1. The van der Waals surface area contributed by atoms with Crippen LogP contribution in [-0.2, 0) is 18.6 Å². The molecule has 5 atom stereocenters. The van der Waals surface area contributed by atoms with Gasteiger partial charge in [-0.2, -0.15) is 5.09 Å². The first-order chi connectivity index (χ1) is 18.1. The van der Waals surface area contributed by atoms with E-state index in [9.17, 15) is 9.36 Å². The van der Waals surface area contributed by atoms with Crippen molar-refractivity contribution >= 4 is 36.9 Å². The minimum Gasteiger partial charge on any atom is -0.462 e. The van der Waals surface area contributed by atoms with Crippen LogP contribution in [0.25, 0.3) is 11.2 Å². The van der Waals surface area contributed by atoms with E-state index in [1.807, 2.05) is 4.57 Å². The molecule has 0 radical (unpaired) electrons. The molecule has 0 amide bonds. The summed E-state index contributed by atoms with van der Waals surface area (Å²) in [6.07, 6.45) is 4.50. The van der Waals surface area contributed by atoms with Gasteiger partial charge in [0.2, 0.25) is 0 Å². The number of carbonyl (C=O) groups excluding carboxylic acids is 1. The Kier molecular flexibility index (Phi) is 8.25. The summed E-state index contributed by atoms with van der Waals surface area (Å²) < 4.78 is 32.6. The summed E-state index contributed by atoms with van der Waals surface area (Å²) in [7, 11) is -2.34. The van der Waals surface area contributed by atoms with Crippen molar-refractivity contribution in [2.24, 2.45) is 16.8 Å². The smallest absolute Gasteiger partial charge is 0.459 e. The number of imidazole rings is 1. The fourth-order valence-electron chi connectivity index (χ4n) is 4.34. The topological polar surface area (TPSA) is 156 Å². The molecule has 13 heteroatoms. The Hall–Kier alpha value is -3.60. The van der Waals surface area contributed by atoms with E-state index < -0.39 is 19.8 Å². The van der Waals surface area contributed by atoms with Gasteiger partial charge >= 0.3 is 13.7 Å². The van der Waals surface area contributed by atoms with Crippen molar-refractivity contribution in [3.63, 3.8) is 0 Å². The average Bonchev–Trinajstić information content (AvgIpc) is 3.28. The molecule has 202 valence electrons. The third kappa shape index (κ3) is 5.77. The van der Waals surface area contributed by atoms with E-state index in [4.69, 9.17) is 19.5 Å². The highest BCUT2D eigenvalue weighted by molar-refractivity contribution is 7.52. The van der Waals surface area contributed by atoms with Crippen LogP contribution in [0, 0.1) is 11.8 Å². The number of ether oxygens (including phenoxy) is 1. The minimum absolute atomic E-state index is 0.00116. The molecule has 0 spiro atoms. The summed E-state index contributed by atoms with van der Waals surface area (Å²) in [5.41, 5.74) is 7.84. The molecule has 2 heterocycles. The van der Waals surface area contributed by atoms with Crippen molar-refractivity contribution in [3.8, 4) is 5.75 Å². The normalized spacial score (nSPS) is 21.8. The highest BCUT2D eigenvalue weighted by atomic mass is 31.2. The number of nitrogens with one attached hydrogen (secondary N) is 1. The molecule has 1 aliphatic rings. The van der Waals surface area contributed by atoms with E-state index in [0.29, 0.717) is 16.9 Å². The van der Waals surface area contributed by atoms with Gasteiger partial charge in [-0.1, -0.05) is 24.8 Å². The highest BCUT2D eigenvalue weighted by Gasteiger charge is 2.47. The van der Waals surface area contributed by atoms with Crippen LogP contribution in [0.15, 0.2) is 60.1 Å². The number of aromatic nitrogens is 4. The zero-order valence-corrected chi connectivity index (χ0v) is 22.6. The number of nitrogens with zero attached hydrogens (tertiary/aromatic N) is 5. The van der Waals surface area contributed by atoms with Crippen LogP contribution in [0.5, 0.6) is 5.75 Å². The summed E-state index contributed by atoms with van der Waals surface area (Å²) in [6, 6.07) is 7.44. The van der Waals surface area contributed by atoms with Gasteiger partial charge in [-0.15, -0.1) is 0 Å². The molecule has 2 aromatic heterocycles. The molecule has 1 saturated carbocycles. The van der Waals surface area contributed by atoms with Gasteiger partial charge in [0, 0.05) is 25.1 Å². The maximum Gasteiger partial charge on any atom is 0.459 e. The van der Waals surface area contributed by atoms with Crippen LogP contribution in [0.2, 0.25) is 0 Å². The van der Waals surface area contributed by atoms with Crippen molar-refractivity contribution in [1.29, 1.82) is 0 Å². The number of fused-ring (bicyclic) bond motifs is 1.